The molecular formula is C13H12N2O5S. The van der Waals surface area contributed by atoms with E-state index in [1.54, 1.807) is 24.3 Å². The number of carboxylic acids is 1. The van der Waals surface area contributed by atoms with Crippen molar-refractivity contribution in [3.05, 3.63) is 28.7 Å². The third kappa shape index (κ3) is 3.76. The predicted octanol–water partition coefficient (Wildman–Crippen LogP) is 1.30. The number of hydrogen-bond donors (Lipinski definition) is 3. The second-order valence-corrected chi connectivity index (χ2v) is 5.04. The summed E-state index contributed by atoms with van der Waals surface area (Å²) in [7, 11) is 1.44. The molecule has 1 aliphatic heterocycles. The molecule has 1 amide bonds. The molecular weight excluding hydrogens is 296 g/mol. The largest absolute Gasteiger partial charge is 0.493 e. The van der Waals surface area contributed by atoms with Crippen LogP contribution in [0.25, 0.3) is 6.08 Å². The lowest BCUT2D eigenvalue weighted by atomic mass is 10.2. The molecule has 1 heterocycles. The minimum absolute atomic E-state index is 0.0830. The third-order valence-electron chi connectivity index (χ3n) is 2.50. The lowest BCUT2D eigenvalue weighted by Crippen LogP contribution is -2.18. The Morgan fingerprint density at radius 1 is 1.48 bits per heavy atom. The zero-order chi connectivity index (χ0) is 15.4. The number of ether oxygens (including phenoxy) is 2. The molecule has 0 spiro atoms. The van der Waals surface area contributed by atoms with E-state index in [0.717, 1.165) is 11.8 Å². The van der Waals surface area contributed by atoms with E-state index in [2.05, 4.69) is 5.32 Å². The first-order chi connectivity index (χ1) is 9.99. The first-order valence-electron chi connectivity index (χ1n) is 5.81. The highest BCUT2D eigenvalue weighted by Gasteiger charge is 2.22. The van der Waals surface area contributed by atoms with Crippen molar-refractivity contribution in [3.63, 3.8) is 0 Å². The second kappa shape index (κ2) is 6.31. The van der Waals surface area contributed by atoms with E-state index >= 15 is 0 Å². The van der Waals surface area contributed by atoms with E-state index in [4.69, 9.17) is 20.0 Å². The molecule has 3 N–H and O–H groups in total. The summed E-state index contributed by atoms with van der Waals surface area (Å²) in [6.07, 6.45) is 1.62. The topological polar surface area (TPSA) is 109 Å². The van der Waals surface area contributed by atoms with Crippen LogP contribution in [0.5, 0.6) is 11.5 Å². The summed E-state index contributed by atoms with van der Waals surface area (Å²) in [4.78, 5) is 22.4. The Kier molecular flexibility index (Phi) is 4.49. The highest BCUT2D eigenvalue weighted by molar-refractivity contribution is 8.18. The standard InChI is InChI=1S/C13H12N2O5S/c1-19-9-4-7(2-3-8(9)20-6-11(16)17)5-10-12(18)15-13(14)21-10/h2-5H,6H2,1H3,(H,16,17)(H2,14,15,18)/b10-5-. The third-order valence-corrected chi connectivity index (χ3v) is 3.33. The fraction of sp³-hybridized carbons (Fsp3) is 0.154. The SMILES string of the molecule is COc1cc(/C=C2\SC(=N)NC2=O)ccc1OCC(=O)O. The number of aliphatic carboxylic acids is 1. The van der Waals surface area contributed by atoms with Crippen LogP contribution in [0.1, 0.15) is 5.56 Å². The van der Waals surface area contributed by atoms with Gasteiger partial charge in [-0.15, -0.1) is 0 Å². The van der Waals surface area contributed by atoms with Crippen molar-refractivity contribution >= 4 is 34.9 Å². The molecule has 8 heteroatoms. The van der Waals surface area contributed by atoms with Gasteiger partial charge in [0.1, 0.15) is 0 Å². The molecule has 1 aromatic rings. The van der Waals surface area contributed by atoms with Crippen LogP contribution in [0.15, 0.2) is 23.1 Å². The monoisotopic (exact) mass is 308 g/mol. The average Bonchev–Trinajstić information content (AvgIpc) is 2.75. The van der Waals surface area contributed by atoms with Crippen LogP contribution in [-0.4, -0.2) is 35.9 Å². The fourth-order valence-corrected chi connectivity index (χ4v) is 2.33. The molecule has 0 atom stereocenters. The molecule has 0 aromatic heterocycles. The van der Waals surface area contributed by atoms with E-state index in [9.17, 15) is 9.59 Å². The molecule has 1 saturated heterocycles. The number of carbonyl (C=O) groups is 2. The van der Waals surface area contributed by atoms with Crippen LogP contribution in [0.3, 0.4) is 0 Å². The molecule has 1 aromatic carbocycles. The van der Waals surface area contributed by atoms with Crippen LogP contribution in [-0.2, 0) is 9.59 Å². The maximum Gasteiger partial charge on any atom is 0.341 e. The van der Waals surface area contributed by atoms with Gasteiger partial charge in [0.05, 0.1) is 12.0 Å². The molecule has 7 nitrogen and oxygen atoms in total. The van der Waals surface area contributed by atoms with Crippen LogP contribution in [0, 0.1) is 5.41 Å². The van der Waals surface area contributed by atoms with Gasteiger partial charge >= 0.3 is 5.97 Å². The smallest absolute Gasteiger partial charge is 0.341 e. The van der Waals surface area contributed by atoms with Gasteiger partial charge in [0.15, 0.2) is 23.3 Å². The lowest BCUT2D eigenvalue weighted by molar-refractivity contribution is -0.139. The van der Waals surface area contributed by atoms with Gasteiger partial charge in [0.2, 0.25) is 0 Å². The number of methoxy groups -OCH3 is 1. The van der Waals surface area contributed by atoms with Crippen molar-refractivity contribution in [3.8, 4) is 11.5 Å². The molecule has 110 valence electrons. The lowest BCUT2D eigenvalue weighted by Gasteiger charge is -2.09. The maximum atomic E-state index is 11.5. The Labute approximate surface area is 124 Å². The van der Waals surface area contributed by atoms with Gasteiger partial charge in [-0.2, -0.15) is 0 Å². The highest BCUT2D eigenvalue weighted by Crippen LogP contribution is 2.31. The quantitative estimate of drug-likeness (QED) is 0.707. The summed E-state index contributed by atoms with van der Waals surface area (Å²) in [6.45, 7) is -0.466. The Balaban J connectivity index is 2.23. The first kappa shape index (κ1) is 14.9. The summed E-state index contributed by atoms with van der Waals surface area (Å²) in [5, 5.41) is 18.4. The molecule has 0 aliphatic carbocycles. The Morgan fingerprint density at radius 2 is 2.24 bits per heavy atom. The van der Waals surface area contributed by atoms with Gasteiger partial charge in [0.25, 0.3) is 5.91 Å². The minimum atomic E-state index is -1.08. The predicted molar refractivity (Wildman–Crippen MR) is 77.6 cm³/mol. The molecule has 2 rings (SSSR count). The Morgan fingerprint density at radius 3 is 2.81 bits per heavy atom. The van der Waals surface area contributed by atoms with E-state index in [-0.39, 0.29) is 11.1 Å². The zero-order valence-corrected chi connectivity index (χ0v) is 11.8. The summed E-state index contributed by atoms with van der Waals surface area (Å²) < 4.78 is 10.2. The van der Waals surface area contributed by atoms with Gasteiger partial charge in [-0.3, -0.25) is 10.2 Å². The van der Waals surface area contributed by atoms with Gasteiger partial charge in [-0.05, 0) is 35.5 Å². The normalized spacial score (nSPS) is 16.0. The van der Waals surface area contributed by atoms with Gasteiger partial charge < -0.3 is 19.9 Å². The molecule has 0 bridgehead atoms. The van der Waals surface area contributed by atoms with Crippen molar-refractivity contribution in [2.24, 2.45) is 0 Å². The molecule has 0 unspecified atom stereocenters. The van der Waals surface area contributed by atoms with Crippen molar-refractivity contribution < 1.29 is 24.2 Å². The number of carboxylic acid groups (broad SMARTS) is 1. The minimum Gasteiger partial charge on any atom is -0.493 e. The number of thioether (sulfide) groups is 1. The highest BCUT2D eigenvalue weighted by atomic mass is 32.2. The number of amidine groups is 1. The molecule has 0 saturated carbocycles. The van der Waals surface area contributed by atoms with E-state index in [0.29, 0.717) is 22.0 Å². The van der Waals surface area contributed by atoms with Gasteiger partial charge in [-0.25, -0.2) is 4.79 Å². The summed E-state index contributed by atoms with van der Waals surface area (Å²) >= 11 is 1.03. The number of nitrogens with one attached hydrogen (secondary N) is 2. The summed E-state index contributed by atoms with van der Waals surface area (Å²) in [5.41, 5.74) is 0.682. The van der Waals surface area contributed by atoms with Gasteiger partial charge in [0, 0.05) is 0 Å². The van der Waals surface area contributed by atoms with E-state index in [1.165, 1.54) is 7.11 Å². The number of benzene rings is 1. The number of rotatable bonds is 5. The van der Waals surface area contributed by atoms with Crippen LogP contribution in [0.4, 0.5) is 0 Å². The van der Waals surface area contributed by atoms with Crippen molar-refractivity contribution in [2.75, 3.05) is 13.7 Å². The Hall–Kier alpha value is -2.48. The summed E-state index contributed by atoms with van der Waals surface area (Å²) in [6, 6.07) is 4.86. The second-order valence-electron chi connectivity index (χ2n) is 3.99. The van der Waals surface area contributed by atoms with Crippen LogP contribution in [0.2, 0.25) is 0 Å². The first-order valence-corrected chi connectivity index (χ1v) is 6.63. The molecule has 1 aliphatic rings. The van der Waals surface area contributed by atoms with Crippen molar-refractivity contribution in [1.29, 1.82) is 5.41 Å². The average molecular weight is 308 g/mol. The zero-order valence-electron chi connectivity index (χ0n) is 11.0. The molecule has 1 fully saturated rings. The number of amides is 1. The van der Waals surface area contributed by atoms with Crippen LogP contribution >= 0.6 is 11.8 Å². The van der Waals surface area contributed by atoms with Crippen molar-refractivity contribution in [1.82, 2.24) is 5.32 Å². The van der Waals surface area contributed by atoms with Gasteiger partial charge in [-0.1, -0.05) is 6.07 Å². The van der Waals surface area contributed by atoms with E-state index in [1.807, 2.05) is 0 Å². The van der Waals surface area contributed by atoms with Crippen molar-refractivity contribution in [2.45, 2.75) is 0 Å². The number of carbonyl (C=O) groups excluding carboxylic acids is 1. The number of hydrogen-bond acceptors (Lipinski definition) is 6. The van der Waals surface area contributed by atoms with Crippen LogP contribution < -0.4 is 14.8 Å². The Bertz CT molecular complexity index is 641. The van der Waals surface area contributed by atoms with E-state index < -0.39 is 12.6 Å². The fourth-order valence-electron chi connectivity index (χ4n) is 1.63. The maximum absolute atomic E-state index is 11.5. The molecule has 21 heavy (non-hydrogen) atoms. The molecule has 0 radical (unpaired) electrons. The summed E-state index contributed by atoms with van der Waals surface area (Å²) in [5.74, 6) is -0.738.